The molecule has 1 aliphatic carbocycles. The normalized spacial score (nSPS) is 23.3. The van der Waals surface area contributed by atoms with Crippen LogP contribution in [0.2, 0.25) is 0 Å². The predicted molar refractivity (Wildman–Crippen MR) is 38.2 cm³/mol. The summed E-state index contributed by atoms with van der Waals surface area (Å²) in [6.45, 7) is 2.49. The molecule has 1 rings (SSSR count). The fraction of sp³-hybridized carbons (Fsp3) is 1.00. The van der Waals surface area contributed by atoms with Gasteiger partial charge in [0, 0.05) is 6.61 Å². The Hall–Kier alpha value is -0.0400. The fourth-order valence-electron chi connectivity index (χ4n) is 1.37. The molecule has 0 amide bonds. The van der Waals surface area contributed by atoms with E-state index in [4.69, 9.17) is 5.11 Å². The molecule has 1 saturated carbocycles. The number of hydrogen-bond acceptors (Lipinski definition) is 1. The van der Waals surface area contributed by atoms with Crippen molar-refractivity contribution in [1.29, 1.82) is 0 Å². The Morgan fingerprint density at radius 2 is 2.22 bits per heavy atom. The second kappa shape index (κ2) is 3.21. The second-order valence-corrected chi connectivity index (χ2v) is 3.32. The average molecular weight is 128 g/mol. The van der Waals surface area contributed by atoms with Gasteiger partial charge < -0.3 is 5.11 Å². The van der Waals surface area contributed by atoms with Gasteiger partial charge in [0.05, 0.1) is 0 Å². The van der Waals surface area contributed by atoms with Gasteiger partial charge in [-0.15, -0.1) is 0 Å². The maximum atomic E-state index is 8.70. The van der Waals surface area contributed by atoms with Crippen molar-refractivity contribution in [3.8, 4) is 0 Å². The summed E-state index contributed by atoms with van der Waals surface area (Å²) in [7, 11) is 0. The predicted octanol–water partition coefficient (Wildman–Crippen LogP) is 1.80. The minimum atomic E-state index is 0.372. The zero-order valence-corrected chi connectivity index (χ0v) is 6.14. The van der Waals surface area contributed by atoms with E-state index in [0.29, 0.717) is 12.5 Å². The molecular weight excluding hydrogens is 112 g/mol. The Morgan fingerprint density at radius 3 is 2.56 bits per heavy atom. The van der Waals surface area contributed by atoms with Crippen LogP contribution >= 0.6 is 0 Å². The zero-order chi connectivity index (χ0) is 6.69. The highest BCUT2D eigenvalue weighted by atomic mass is 16.3. The molecule has 0 saturated heterocycles. The number of aliphatic hydroxyl groups excluding tert-OH is 1. The van der Waals surface area contributed by atoms with E-state index in [0.717, 1.165) is 5.92 Å². The van der Waals surface area contributed by atoms with E-state index in [-0.39, 0.29) is 0 Å². The van der Waals surface area contributed by atoms with Gasteiger partial charge in [-0.3, -0.25) is 0 Å². The third kappa shape index (κ3) is 1.98. The molecule has 0 bridgehead atoms. The first-order chi connectivity index (χ1) is 4.33. The highest BCUT2D eigenvalue weighted by Crippen LogP contribution is 2.31. The molecule has 1 heteroatoms. The quantitative estimate of drug-likeness (QED) is 0.614. The molecule has 0 radical (unpaired) electrons. The van der Waals surface area contributed by atoms with Crippen LogP contribution in [0.4, 0.5) is 0 Å². The molecule has 1 unspecified atom stereocenters. The molecule has 1 atom stereocenters. The van der Waals surface area contributed by atoms with Crippen LogP contribution in [0.25, 0.3) is 0 Å². The molecule has 9 heavy (non-hydrogen) atoms. The van der Waals surface area contributed by atoms with Crippen molar-refractivity contribution >= 4 is 0 Å². The first kappa shape index (κ1) is 7.07. The standard InChI is InChI=1S/C8H16O/c1-7(6-9)5-8-3-2-4-8/h7-9H,2-6H2,1H3. The lowest BCUT2D eigenvalue weighted by Gasteiger charge is -2.27. The van der Waals surface area contributed by atoms with Crippen LogP contribution < -0.4 is 0 Å². The molecule has 54 valence electrons. The Balaban J connectivity index is 2.01. The van der Waals surface area contributed by atoms with Crippen LogP contribution in [-0.2, 0) is 0 Å². The number of hydrogen-bond donors (Lipinski definition) is 1. The van der Waals surface area contributed by atoms with Gasteiger partial charge in [0.25, 0.3) is 0 Å². The molecule has 1 aliphatic rings. The SMILES string of the molecule is CC(CO)CC1CCC1. The van der Waals surface area contributed by atoms with Crippen LogP contribution in [0.1, 0.15) is 32.6 Å². The molecule has 1 N–H and O–H groups in total. The Morgan fingerprint density at radius 1 is 1.56 bits per heavy atom. The van der Waals surface area contributed by atoms with Crippen LogP contribution in [-0.4, -0.2) is 11.7 Å². The largest absolute Gasteiger partial charge is 0.396 e. The molecule has 0 aromatic rings. The summed E-state index contributed by atoms with van der Waals surface area (Å²) in [4.78, 5) is 0. The summed E-state index contributed by atoms with van der Waals surface area (Å²) in [5.41, 5.74) is 0. The van der Waals surface area contributed by atoms with Crippen LogP contribution in [0.15, 0.2) is 0 Å². The number of aliphatic hydroxyl groups is 1. The smallest absolute Gasteiger partial charge is 0.0456 e. The van der Waals surface area contributed by atoms with Gasteiger partial charge in [0.1, 0.15) is 0 Å². The Bertz CT molecular complexity index is 73.9. The summed E-state index contributed by atoms with van der Waals surface area (Å²) in [5.74, 6) is 1.49. The highest BCUT2D eigenvalue weighted by molar-refractivity contribution is 4.71. The fourth-order valence-corrected chi connectivity index (χ4v) is 1.37. The molecule has 0 spiro atoms. The van der Waals surface area contributed by atoms with Gasteiger partial charge in [0.15, 0.2) is 0 Å². The molecule has 0 aliphatic heterocycles. The van der Waals surface area contributed by atoms with Crippen molar-refractivity contribution < 1.29 is 5.11 Å². The van der Waals surface area contributed by atoms with Crippen LogP contribution in [0.3, 0.4) is 0 Å². The topological polar surface area (TPSA) is 20.2 Å². The van der Waals surface area contributed by atoms with Gasteiger partial charge in [-0.2, -0.15) is 0 Å². The maximum absolute atomic E-state index is 8.70. The van der Waals surface area contributed by atoms with Gasteiger partial charge in [-0.25, -0.2) is 0 Å². The van der Waals surface area contributed by atoms with Crippen molar-refractivity contribution in [2.45, 2.75) is 32.6 Å². The lowest BCUT2D eigenvalue weighted by Crippen LogP contribution is -2.16. The van der Waals surface area contributed by atoms with Crippen molar-refractivity contribution in [3.63, 3.8) is 0 Å². The van der Waals surface area contributed by atoms with Gasteiger partial charge in [-0.1, -0.05) is 26.2 Å². The third-order valence-electron chi connectivity index (χ3n) is 2.27. The molecular formula is C8H16O. The van der Waals surface area contributed by atoms with E-state index in [9.17, 15) is 0 Å². The highest BCUT2D eigenvalue weighted by Gasteiger charge is 2.18. The first-order valence-corrected chi connectivity index (χ1v) is 3.93. The summed E-state index contributed by atoms with van der Waals surface area (Å²) < 4.78 is 0. The second-order valence-electron chi connectivity index (χ2n) is 3.32. The van der Waals surface area contributed by atoms with E-state index >= 15 is 0 Å². The van der Waals surface area contributed by atoms with E-state index < -0.39 is 0 Å². The van der Waals surface area contributed by atoms with Crippen LogP contribution in [0, 0.1) is 11.8 Å². The van der Waals surface area contributed by atoms with Crippen molar-refractivity contribution in [2.24, 2.45) is 11.8 Å². The summed E-state index contributed by atoms with van der Waals surface area (Å²) in [6, 6.07) is 0. The zero-order valence-electron chi connectivity index (χ0n) is 6.14. The van der Waals surface area contributed by atoms with E-state index in [1.54, 1.807) is 0 Å². The lowest BCUT2D eigenvalue weighted by molar-refractivity contribution is 0.181. The first-order valence-electron chi connectivity index (χ1n) is 3.93. The van der Waals surface area contributed by atoms with Crippen LogP contribution in [0.5, 0.6) is 0 Å². The summed E-state index contributed by atoms with van der Waals surface area (Å²) >= 11 is 0. The molecule has 0 aromatic heterocycles. The monoisotopic (exact) mass is 128 g/mol. The molecule has 1 nitrogen and oxygen atoms in total. The minimum absolute atomic E-state index is 0.372. The van der Waals surface area contributed by atoms with E-state index in [1.165, 1.54) is 25.7 Å². The van der Waals surface area contributed by atoms with Gasteiger partial charge in [-0.05, 0) is 18.3 Å². The van der Waals surface area contributed by atoms with Crippen molar-refractivity contribution in [1.82, 2.24) is 0 Å². The summed E-state index contributed by atoms with van der Waals surface area (Å²) in [6.07, 6.45) is 5.48. The van der Waals surface area contributed by atoms with E-state index in [1.807, 2.05) is 0 Å². The van der Waals surface area contributed by atoms with Gasteiger partial charge in [0.2, 0.25) is 0 Å². The average Bonchev–Trinajstić information content (AvgIpc) is 1.78. The van der Waals surface area contributed by atoms with E-state index in [2.05, 4.69) is 6.92 Å². The van der Waals surface area contributed by atoms with Gasteiger partial charge >= 0.3 is 0 Å². The number of rotatable bonds is 3. The minimum Gasteiger partial charge on any atom is -0.396 e. The maximum Gasteiger partial charge on any atom is 0.0456 e. The third-order valence-corrected chi connectivity index (χ3v) is 2.27. The molecule has 0 aromatic carbocycles. The van der Waals surface area contributed by atoms with Crippen molar-refractivity contribution in [2.75, 3.05) is 6.61 Å². The Labute approximate surface area is 57.1 Å². The molecule has 0 heterocycles. The Kier molecular flexibility index (Phi) is 2.52. The lowest BCUT2D eigenvalue weighted by atomic mass is 9.80. The summed E-state index contributed by atoms with van der Waals surface area (Å²) in [5, 5.41) is 8.70. The van der Waals surface area contributed by atoms with Crippen molar-refractivity contribution in [3.05, 3.63) is 0 Å². The molecule has 1 fully saturated rings.